The number of hydrogen-bond donors (Lipinski definition) is 0. The van der Waals surface area contributed by atoms with Crippen LogP contribution in [0.4, 0.5) is 14.5 Å². The lowest BCUT2D eigenvalue weighted by Gasteiger charge is -2.16. The fraction of sp³-hybridized carbons (Fsp3) is 0.200. The molecule has 2 aromatic carbocycles. The third kappa shape index (κ3) is 5.80. The molecule has 0 aliphatic rings. The van der Waals surface area contributed by atoms with Gasteiger partial charge in [0, 0.05) is 24.4 Å². The van der Waals surface area contributed by atoms with Gasteiger partial charge in [-0.15, -0.1) is 0 Å². The van der Waals surface area contributed by atoms with Gasteiger partial charge in [0.15, 0.2) is 18.1 Å². The summed E-state index contributed by atoms with van der Waals surface area (Å²) in [5.41, 5.74) is 0.855. The molecule has 0 radical (unpaired) electrons. The molecule has 2 aromatic rings. The summed E-state index contributed by atoms with van der Waals surface area (Å²) in [7, 11) is 2.87. The standard InChI is InChI=1S/C20H19F2NO5/c1-23(15-8-4-3-5-9-15)17(24)13-27-18(25)12-11-14-7-6-10-16(26-2)19(14)28-20(21)22/h3-12,20H,13H2,1-2H3/b12-11+. The lowest BCUT2D eigenvalue weighted by molar-refractivity contribution is -0.142. The largest absolute Gasteiger partial charge is 0.493 e. The van der Waals surface area contributed by atoms with Crippen LogP contribution in [0.3, 0.4) is 0 Å². The van der Waals surface area contributed by atoms with Crippen molar-refractivity contribution in [3.05, 3.63) is 60.2 Å². The molecule has 8 heteroatoms. The molecule has 0 aliphatic heterocycles. The minimum atomic E-state index is -3.05. The van der Waals surface area contributed by atoms with E-state index in [1.165, 1.54) is 30.2 Å². The molecule has 6 nitrogen and oxygen atoms in total. The van der Waals surface area contributed by atoms with Gasteiger partial charge >= 0.3 is 12.6 Å². The number of nitrogens with zero attached hydrogens (tertiary/aromatic N) is 1. The Balaban J connectivity index is 1.99. The van der Waals surface area contributed by atoms with E-state index in [-0.39, 0.29) is 17.1 Å². The highest BCUT2D eigenvalue weighted by atomic mass is 19.3. The summed E-state index contributed by atoms with van der Waals surface area (Å²) >= 11 is 0. The smallest absolute Gasteiger partial charge is 0.387 e. The van der Waals surface area contributed by atoms with Crippen molar-refractivity contribution in [1.82, 2.24) is 0 Å². The lowest BCUT2D eigenvalue weighted by atomic mass is 10.1. The van der Waals surface area contributed by atoms with Crippen LogP contribution < -0.4 is 14.4 Å². The second-order valence-electron chi connectivity index (χ2n) is 5.49. The normalized spacial score (nSPS) is 10.8. The third-order valence-electron chi connectivity index (χ3n) is 3.69. The maximum absolute atomic E-state index is 12.6. The zero-order valence-electron chi connectivity index (χ0n) is 15.3. The summed E-state index contributed by atoms with van der Waals surface area (Å²) in [6, 6.07) is 13.3. The highest BCUT2D eigenvalue weighted by molar-refractivity contribution is 5.96. The maximum Gasteiger partial charge on any atom is 0.387 e. The second kappa shape index (κ2) is 10.1. The monoisotopic (exact) mass is 391 g/mol. The number of esters is 1. The van der Waals surface area contributed by atoms with Gasteiger partial charge in [0.05, 0.1) is 7.11 Å². The molecule has 0 fully saturated rings. The second-order valence-corrected chi connectivity index (χ2v) is 5.49. The predicted octanol–water partition coefficient (Wildman–Crippen LogP) is 3.52. The quantitative estimate of drug-likeness (QED) is 0.509. The van der Waals surface area contributed by atoms with Crippen LogP contribution in [-0.4, -0.2) is 39.3 Å². The number of halogens is 2. The molecule has 0 aliphatic carbocycles. The molecule has 0 saturated heterocycles. The molecule has 2 rings (SSSR count). The molecular formula is C20H19F2NO5. The van der Waals surface area contributed by atoms with Gasteiger partial charge in [-0.2, -0.15) is 8.78 Å². The number of rotatable bonds is 8. The number of ether oxygens (including phenoxy) is 3. The highest BCUT2D eigenvalue weighted by Crippen LogP contribution is 2.33. The van der Waals surface area contributed by atoms with Crippen molar-refractivity contribution in [3.8, 4) is 11.5 Å². The van der Waals surface area contributed by atoms with E-state index in [1.54, 1.807) is 37.4 Å². The van der Waals surface area contributed by atoms with Crippen molar-refractivity contribution in [2.45, 2.75) is 6.61 Å². The molecule has 0 atom stereocenters. The summed E-state index contributed by atoms with van der Waals surface area (Å²) in [4.78, 5) is 25.3. The van der Waals surface area contributed by atoms with E-state index in [9.17, 15) is 18.4 Å². The number of anilines is 1. The van der Waals surface area contributed by atoms with Crippen LogP contribution in [0, 0.1) is 0 Å². The summed E-state index contributed by atoms with van der Waals surface area (Å²) in [5.74, 6) is -1.34. The Morgan fingerprint density at radius 2 is 1.82 bits per heavy atom. The van der Waals surface area contributed by atoms with Gasteiger partial charge < -0.3 is 19.1 Å². The van der Waals surface area contributed by atoms with Gasteiger partial charge in [0.2, 0.25) is 0 Å². The van der Waals surface area contributed by atoms with Gasteiger partial charge in [-0.25, -0.2) is 4.79 Å². The average Bonchev–Trinajstić information content (AvgIpc) is 2.70. The first-order valence-corrected chi connectivity index (χ1v) is 8.20. The van der Waals surface area contributed by atoms with Gasteiger partial charge in [0.1, 0.15) is 0 Å². The fourth-order valence-corrected chi connectivity index (χ4v) is 2.27. The summed E-state index contributed by atoms with van der Waals surface area (Å²) < 4.78 is 39.6. The zero-order valence-corrected chi connectivity index (χ0v) is 15.3. The number of carbonyl (C=O) groups excluding carboxylic acids is 2. The van der Waals surface area contributed by atoms with E-state index in [4.69, 9.17) is 9.47 Å². The number of hydrogen-bond acceptors (Lipinski definition) is 5. The minimum absolute atomic E-state index is 0.0930. The van der Waals surface area contributed by atoms with Crippen LogP contribution in [0.25, 0.3) is 6.08 Å². The first-order valence-electron chi connectivity index (χ1n) is 8.20. The average molecular weight is 391 g/mol. The van der Waals surface area contributed by atoms with E-state index in [0.29, 0.717) is 5.69 Å². The third-order valence-corrected chi connectivity index (χ3v) is 3.69. The molecule has 148 valence electrons. The first kappa shape index (κ1) is 20.9. The maximum atomic E-state index is 12.6. The number of benzene rings is 2. The number of methoxy groups -OCH3 is 1. The van der Waals surface area contributed by atoms with Gasteiger partial charge in [0.25, 0.3) is 5.91 Å². The van der Waals surface area contributed by atoms with E-state index in [0.717, 1.165) is 6.08 Å². The van der Waals surface area contributed by atoms with Crippen molar-refractivity contribution in [3.63, 3.8) is 0 Å². The topological polar surface area (TPSA) is 65.1 Å². The van der Waals surface area contributed by atoms with Gasteiger partial charge in [-0.05, 0) is 24.3 Å². The SMILES string of the molecule is COc1cccc(/C=C/C(=O)OCC(=O)N(C)c2ccccc2)c1OC(F)F. The van der Waals surface area contributed by atoms with Gasteiger partial charge in [-0.1, -0.05) is 30.3 Å². The molecule has 1 amide bonds. The van der Waals surface area contributed by atoms with Crippen LogP contribution in [0.5, 0.6) is 11.5 Å². The Morgan fingerprint density at radius 1 is 1.11 bits per heavy atom. The highest BCUT2D eigenvalue weighted by Gasteiger charge is 2.15. The molecule has 0 heterocycles. The lowest BCUT2D eigenvalue weighted by Crippen LogP contribution is -2.30. The molecule has 0 spiro atoms. The number of amides is 1. The predicted molar refractivity (Wildman–Crippen MR) is 99.5 cm³/mol. The Bertz CT molecular complexity index is 840. The Hall–Kier alpha value is -3.42. The van der Waals surface area contributed by atoms with Gasteiger partial charge in [-0.3, -0.25) is 4.79 Å². The molecular weight excluding hydrogens is 372 g/mol. The van der Waals surface area contributed by atoms with Crippen molar-refractivity contribution in [2.24, 2.45) is 0 Å². The molecule has 0 aromatic heterocycles. The van der Waals surface area contributed by atoms with Crippen LogP contribution in [0.15, 0.2) is 54.6 Å². The molecule has 0 saturated carbocycles. The van der Waals surface area contributed by atoms with Crippen LogP contribution in [-0.2, 0) is 14.3 Å². The van der Waals surface area contributed by atoms with Crippen molar-refractivity contribution in [2.75, 3.05) is 25.7 Å². The molecule has 0 N–H and O–H groups in total. The Labute approximate surface area is 160 Å². The summed E-state index contributed by atoms with van der Waals surface area (Å²) in [5, 5.41) is 0. The zero-order chi connectivity index (χ0) is 20.5. The van der Waals surface area contributed by atoms with E-state index >= 15 is 0 Å². The van der Waals surface area contributed by atoms with E-state index < -0.39 is 25.1 Å². The van der Waals surface area contributed by atoms with Crippen molar-refractivity contribution < 1.29 is 32.6 Å². The van der Waals surface area contributed by atoms with Crippen molar-refractivity contribution >= 4 is 23.6 Å². The van der Waals surface area contributed by atoms with Crippen molar-refractivity contribution in [1.29, 1.82) is 0 Å². The van der Waals surface area contributed by atoms with Crippen LogP contribution >= 0.6 is 0 Å². The van der Waals surface area contributed by atoms with E-state index in [2.05, 4.69) is 4.74 Å². The van der Waals surface area contributed by atoms with Crippen LogP contribution in [0.2, 0.25) is 0 Å². The fourth-order valence-electron chi connectivity index (χ4n) is 2.27. The minimum Gasteiger partial charge on any atom is -0.493 e. The first-order chi connectivity index (χ1) is 13.4. The number of likely N-dealkylation sites (N-methyl/N-ethyl adjacent to an activating group) is 1. The van der Waals surface area contributed by atoms with E-state index in [1.807, 2.05) is 6.07 Å². The molecule has 28 heavy (non-hydrogen) atoms. The Morgan fingerprint density at radius 3 is 2.46 bits per heavy atom. The molecule has 0 bridgehead atoms. The molecule has 0 unspecified atom stereocenters. The summed E-state index contributed by atoms with van der Waals surface area (Å²) in [6.07, 6.45) is 2.26. The number of carbonyl (C=O) groups is 2. The Kier molecular flexibility index (Phi) is 7.50. The number of alkyl halides is 2. The van der Waals surface area contributed by atoms with Crippen LogP contribution in [0.1, 0.15) is 5.56 Å². The number of para-hydroxylation sites is 2. The summed E-state index contributed by atoms with van der Waals surface area (Å²) in [6.45, 7) is -3.52.